The molecular weight excluding hydrogens is 454 g/mol. The molecule has 0 radical (unpaired) electrons. The van der Waals surface area contributed by atoms with Crippen LogP contribution >= 0.6 is 0 Å². The number of halogens is 6. The molecule has 7 heteroatoms. The minimum Gasteiger partial charge on any atom is -0.495 e. The monoisotopic (exact) mass is 480 g/mol. The predicted octanol–water partition coefficient (Wildman–Crippen LogP) is 8.26. The standard InChI is InChI=1S/C27H26F6O/c1-4-6-7-18-8-10-19(11-9-18)22-14-15-23-21(13-12-20(16-28)34-5-2)17(3)26(30,31)27(32,33)24(23)25(22)29/h4,8-15,17H,1,5-7,16H2,2-3H3/b20-12+,21-13+. The van der Waals surface area contributed by atoms with E-state index in [2.05, 4.69) is 6.58 Å². The van der Waals surface area contributed by atoms with Gasteiger partial charge in [0.2, 0.25) is 0 Å². The molecule has 1 aliphatic carbocycles. The van der Waals surface area contributed by atoms with Crippen molar-refractivity contribution in [1.82, 2.24) is 0 Å². The van der Waals surface area contributed by atoms with Gasteiger partial charge in [0.05, 0.1) is 18.1 Å². The lowest BCUT2D eigenvalue weighted by Gasteiger charge is -2.39. The number of rotatable bonds is 8. The predicted molar refractivity (Wildman–Crippen MR) is 122 cm³/mol. The van der Waals surface area contributed by atoms with Crippen LogP contribution in [0.25, 0.3) is 16.7 Å². The summed E-state index contributed by atoms with van der Waals surface area (Å²) in [5.41, 5.74) is -0.876. The summed E-state index contributed by atoms with van der Waals surface area (Å²) in [6.45, 7) is 5.36. The van der Waals surface area contributed by atoms with Gasteiger partial charge in [0, 0.05) is 5.56 Å². The van der Waals surface area contributed by atoms with Gasteiger partial charge in [0.15, 0.2) is 0 Å². The Hall–Kier alpha value is -2.96. The van der Waals surface area contributed by atoms with Crippen LogP contribution in [0.15, 0.2) is 67.0 Å². The third-order valence-electron chi connectivity index (χ3n) is 6.01. The number of hydrogen-bond donors (Lipinski definition) is 0. The maximum absolute atomic E-state index is 15.5. The zero-order valence-electron chi connectivity index (χ0n) is 19.0. The Kier molecular flexibility index (Phi) is 7.64. The van der Waals surface area contributed by atoms with Gasteiger partial charge in [-0.15, -0.1) is 6.58 Å². The molecule has 0 fully saturated rings. The first-order chi connectivity index (χ1) is 16.1. The summed E-state index contributed by atoms with van der Waals surface area (Å²) in [6.07, 6.45) is 5.43. The second-order valence-corrected chi connectivity index (χ2v) is 8.11. The average molecular weight is 480 g/mol. The summed E-state index contributed by atoms with van der Waals surface area (Å²) in [5, 5.41) is 0. The third-order valence-corrected chi connectivity index (χ3v) is 6.01. The van der Waals surface area contributed by atoms with Crippen molar-refractivity contribution in [1.29, 1.82) is 0 Å². The molecule has 1 atom stereocenters. The van der Waals surface area contributed by atoms with Crippen LogP contribution < -0.4 is 0 Å². The van der Waals surface area contributed by atoms with E-state index < -0.39 is 35.8 Å². The van der Waals surface area contributed by atoms with Crippen LogP contribution in [0.3, 0.4) is 0 Å². The van der Waals surface area contributed by atoms with Crippen LogP contribution in [0, 0.1) is 11.7 Å². The van der Waals surface area contributed by atoms with Crippen LogP contribution in [-0.4, -0.2) is 19.2 Å². The van der Waals surface area contributed by atoms with Gasteiger partial charge >= 0.3 is 11.8 Å². The Morgan fingerprint density at radius 1 is 1.06 bits per heavy atom. The highest BCUT2D eigenvalue weighted by molar-refractivity contribution is 5.79. The minimum absolute atomic E-state index is 0.141. The Morgan fingerprint density at radius 3 is 2.29 bits per heavy atom. The minimum atomic E-state index is -4.74. The molecule has 1 unspecified atom stereocenters. The van der Waals surface area contributed by atoms with Crippen molar-refractivity contribution in [3.63, 3.8) is 0 Å². The molecule has 0 amide bonds. The van der Waals surface area contributed by atoms with E-state index in [0.717, 1.165) is 31.1 Å². The number of benzene rings is 2. The number of allylic oxidation sites excluding steroid dienone is 5. The fourth-order valence-corrected chi connectivity index (χ4v) is 4.07. The molecule has 1 aliphatic rings. The van der Waals surface area contributed by atoms with Crippen molar-refractivity contribution < 1.29 is 31.1 Å². The zero-order chi connectivity index (χ0) is 25.1. The van der Waals surface area contributed by atoms with Gasteiger partial charge in [-0.05, 0) is 48.1 Å². The number of fused-ring (bicyclic) bond motifs is 1. The van der Waals surface area contributed by atoms with Gasteiger partial charge in [-0.1, -0.05) is 55.5 Å². The topological polar surface area (TPSA) is 9.23 Å². The number of ether oxygens (including phenoxy) is 1. The summed E-state index contributed by atoms with van der Waals surface area (Å²) >= 11 is 0. The molecule has 0 N–H and O–H groups in total. The van der Waals surface area contributed by atoms with E-state index in [-0.39, 0.29) is 29.1 Å². The average Bonchev–Trinajstić information content (AvgIpc) is 2.81. The van der Waals surface area contributed by atoms with Crippen molar-refractivity contribution in [2.45, 2.75) is 38.5 Å². The molecule has 0 saturated heterocycles. The molecule has 182 valence electrons. The van der Waals surface area contributed by atoms with Gasteiger partial charge in [-0.3, -0.25) is 0 Å². The molecular formula is C27H26F6O. The molecule has 34 heavy (non-hydrogen) atoms. The maximum Gasteiger partial charge on any atom is 0.339 e. The highest BCUT2D eigenvalue weighted by Gasteiger charge is 2.66. The van der Waals surface area contributed by atoms with E-state index in [0.29, 0.717) is 12.0 Å². The first kappa shape index (κ1) is 25.7. The third kappa shape index (κ3) is 4.52. The van der Waals surface area contributed by atoms with Crippen molar-refractivity contribution in [2.75, 3.05) is 13.3 Å². The maximum atomic E-state index is 15.5. The molecule has 2 aromatic rings. The van der Waals surface area contributed by atoms with Crippen LogP contribution in [0.1, 0.15) is 37.0 Å². The normalized spacial score (nSPS) is 20.2. The summed E-state index contributed by atoms with van der Waals surface area (Å²) < 4.78 is 93.4. The van der Waals surface area contributed by atoms with E-state index in [9.17, 15) is 13.2 Å². The number of aryl methyl sites for hydroxylation is 1. The van der Waals surface area contributed by atoms with Crippen LogP contribution in [0.5, 0.6) is 0 Å². The fraction of sp³-hybridized carbons (Fsp3) is 0.333. The van der Waals surface area contributed by atoms with E-state index in [1.54, 1.807) is 37.3 Å². The first-order valence-corrected chi connectivity index (χ1v) is 11.0. The largest absolute Gasteiger partial charge is 0.495 e. The van der Waals surface area contributed by atoms with Gasteiger partial charge in [0.1, 0.15) is 18.3 Å². The summed E-state index contributed by atoms with van der Waals surface area (Å²) in [4.78, 5) is 0. The van der Waals surface area contributed by atoms with Gasteiger partial charge in [-0.25, -0.2) is 8.78 Å². The second kappa shape index (κ2) is 10.1. The Bertz CT molecular complexity index is 1100. The van der Waals surface area contributed by atoms with Gasteiger partial charge in [0.25, 0.3) is 0 Å². The van der Waals surface area contributed by atoms with Crippen molar-refractivity contribution >= 4 is 5.57 Å². The molecule has 0 saturated carbocycles. The molecule has 0 heterocycles. The van der Waals surface area contributed by atoms with Crippen molar-refractivity contribution in [2.24, 2.45) is 5.92 Å². The first-order valence-electron chi connectivity index (χ1n) is 11.0. The Labute approximate surface area is 195 Å². The highest BCUT2D eigenvalue weighted by Crippen LogP contribution is 2.58. The van der Waals surface area contributed by atoms with E-state index in [1.165, 1.54) is 12.1 Å². The summed E-state index contributed by atoms with van der Waals surface area (Å²) in [7, 11) is 0. The van der Waals surface area contributed by atoms with E-state index in [1.807, 2.05) is 0 Å². The zero-order valence-corrected chi connectivity index (χ0v) is 19.0. The quantitative estimate of drug-likeness (QED) is 0.210. The molecule has 0 aliphatic heterocycles. The fourth-order valence-electron chi connectivity index (χ4n) is 4.07. The van der Waals surface area contributed by atoms with Crippen LogP contribution in [0.2, 0.25) is 0 Å². The van der Waals surface area contributed by atoms with E-state index >= 15 is 13.2 Å². The SMILES string of the molecule is C=CCCc1ccc(-c2ccc3c(c2F)C(F)(F)C(F)(F)C(C)/C3=C\C=C(/CF)OCC)cc1. The Morgan fingerprint density at radius 2 is 1.71 bits per heavy atom. The smallest absolute Gasteiger partial charge is 0.339 e. The van der Waals surface area contributed by atoms with Crippen LogP contribution in [-0.2, 0) is 17.1 Å². The Balaban J connectivity index is 2.17. The summed E-state index contributed by atoms with van der Waals surface area (Å²) in [6, 6.07) is 9.12. The molecule has 3 rings (SSSR count). The molecule has 1 nitrogen and oxygen atoms in total. The molecule has 0 spiro atoms. The number of alkyl halides is 5. The van der Waals surface area contributed by atoms with E-state index in [4.69, 9.17) is 4.74 Å². The number of hydrogen-bond acceptors (Lipinski definition) is 1. The lowest BCUT2D eigenvalue weighted by molar-refractivity contribution is -0.236. The molecule has 2 aromatic carbocycles. The molecule has 0 aromatic heterocycles. The van der Waals surface area contributed by atoms with Gasteiger partial charge < -0.3 is 4.74 Å². The van der Waals surface area contributed by atoms with Gasteiger partial charge in [-0.2, -0.15) is 17.6 Å². The van der Waals surface area contributed by atoms with Crippen molar-refractivity contribution in [3.8, 4) is 11.1 Å². The summed E-state index contributed by atoms with van der Waals surface area (Å²) in [5.74, 6) is -12.8. The van der Waals surface area contributed by atoms with Crippen molar-refractivity contribution in [3.05, 3.63) is 89.5 Å². The lowest BCUT2D eigenvalue weighted by Crippen LogP contribution is -2.48. The highest BCUT2D eigenvalue weighted by atomic mass is 19.3. The lowest BCUT2D eigenvalue weighted by atomic mass is 9.74. The second-order valence-electron chi connectivity index (χ2n) is 8.11. The van der Waals surface area contributed by atoms with Crippen LogP contribution in [0.4, 0.5) is 26.3 Å². The molecule has 0 bridgehead atoms.